The van der Waals surface area contributed by atoms with Gasteiger partial charge in [0, 0.05) is 6.07 Å². The minimum absolute atomic E-state index is 0.0176. The van der Waals surface area contributed by atoms with Gasteiger partial charge < -0.3 is 0 Å². The van der Waals surface area contributed by atoms with Crippen LogP contribution in [0, 0.1) is 41.7 Å². The van der Waals surface area contributed by atoms with Crippen LogP contribution in [0.25, 0.3) is 0 Å². The maximum Gasteiger partial charge on any atom is 0.266 e. The van der Waals surface area contributed by atoms with E-state index in [2.05, 4.69) is 4.72 Å². The molecule has 25 heavy (non-hydrogen) atoms. The molecule has 4 saturated carbocycles. The predicted molar refractivity (Wildman–Crippen MR) is 87.0 cm³/mol. The van der Waals surface area contributed by atoms with E-state index in [4.69, 9.17) is 0 Å². The summed E-state index contributed by atoms with van der Waals surface area (Å²) in [6, 6.07) is 1.47. The van der Waals surface area contributed by atoms with Crippen molar-refractivity contribution in [1.82, 2.24) is 4.72 Å². The summed E-state index contributed by atoms with van der Waals surface area (Å²) >= 11 is 0. The molecular weight excluding hydrogens is 348 g/mol. The van der Waals surface area contributed by atoms with Crippen molar-refractivity contribution in [1.29, 1.82) is 0 Å². The first-order chi connectivity index (χ1) is 11.7. The molecule has 0 aromatic heterocycles. The molecule has 136 valence electrons. The molecule has 1 amide bonds. The number of aryl methyl sites for hydroxylation is 1. The van der Waals surface area contributed by atoms with Crippen LogP contribution in [-0.4, -0.2) is 14.3 Å². The molecule has 4 aliphatic carbocycles. The van der Waals surface area contributed by atoms with Crippen LogP contribution in [-0.2, 0) is 14.8 Å². The lowest BCUT2D eigenvalue weighted by atomic mass is 9.49. The molecule has 1 aromatic carbocycles. The molecule has 0 aliphatic heterocycles. The van der Waals surface area contributed by atoms with Crippen molar-refractivity contribution in [3.8, 4) is 0 Å². The molecule has 4 fully saturated rings. The van der Waals surface area contributed by atoms with Crippen molar-refractivity contribution in [2.75, 3.05) is 0 Å². The fraction of sp³-hybridized carbons (Fsp3) is 0.611. The Kier molecular flexibility index (Phi) is 3.72. The number of carbonyl (C=O) groups excluding carboxylic acids is 1. The molecular formula is C18H21F2NO3S. The summed E-state index contributed by atoms with van der Waals surface area (Å²) in [7, 11) is -4.36. The molecule has 0 spiro atoms. The number of carbonyl (C=O) groups is 1. The van der Waals surface area contributed by atoms with E-state index in [0.29, 0.717) is 43.1 Å². The molecule has 0 unspecified atom stereocenters. The summed E-state index contributed by atoms with van der Waals surface area (Å²) in [5, 5.41) is 0. The van der Waals surface area contributed by atoms with Crippen molar-refractivity contribution in [3.05, 3.63) is 29.3 Å². The summed E-state index contributed by atoms with van der Waals surface area (Å²) in [6.07, 6.45) is 5.53. The van der Waals surface area contributed by atoms with E-state index in [9.17, 15) is 22.0 Å². The standard InChI is InChI=1S/C18H21F2NO3S/c1-10-2-16(15(20)6-14(10)19)25(23,24)21-17(22)18-7-11-3-12(8-18)5-13(4-11)9-18/h2,6,11-13H,3-5,7-9H2,1H3,(H,21,22). The summed E-state index contributed by atoms with van der Waals surface area (Å²) in [5.74, 6) is -1.05. The normalized spacial score (nSPS) is 33.5. The number of sulfonamides is 1. The number of nitrogens with one attached hydrogen (secondary N) is 1. The van der Waals surface area contributed by atoms with Gasteiger partial charge in [-0.3, -0.25) is 4.79 Å². The summed E-state index contributed by atoms with van der Waals surface area (Å²) in [4.78, 5) is 12.2. The van der Waals surface area contributed by atoms with Gasteiger partial charge in [-0.1, -0.05) is 0 Å². The quantitative estimate of drug-likeness (QED) is 0.889. The molecule has 1 N–H and O–H groups in total. The molecule has 4 nitrogen and oxygen atoms in total. The van der Waals surface area contributed by atoms with Crippen molar-refractivity contribution < 1.29 is 22.0 Å². The number of rotatable bonds is 3. The van der Waals surface area contributed by atoms with Crippen LogP contribution in [0.1, 0.15) is 44.1 Å². The zero-order valence-corrected chi connectivity index (χ0v) is 14.8. The Morgan fingerprint density at radius 2 is 1.56 bits per heavy atom. The van der Waals surface area contributed by atoms with E-state index in [1.54, 1.807) is 0 Å². The minimum Gasteiger partial charge on any atom is -0.273 e. The largest absolute Gasteiger partial charge is 0.273 e. The molecule has 1 aromatic rings. The molecule has 7 heteroatoms. The van der Waals surface area contributed by atoms with Crippen LogP contribution in [0.5, 0.6) is 0 Å². The molecule has 5 rings (SSSR count). The van der Waals surface area contributed by atoms with Crippen LogP contribution >= 0.6 is 0 Å². The van der Waals surface area contributed by atoms with Gasteiger partial charge in [0.2, 0.25) is 5.91 Å². The fourth-order valence-electron chi connectivity index (χ4n) is 5.51. The van der Waals surface area contributed by atoms with E-state index < -0.39 is 37.9 Å². The third kappa shape index (κ3) is 2.76. The molecule has 0 radical (unpaired) electrons. The van der Waals surface area contributed by atoms with Gasteiger partial charge in [-0.05, 0) is 74.8 Å². The van der Waals surface area contributed by atoms with Crippen LogP contribution in [0.2, 0.25) is 0 Å². The predicted octanol–water partition coefficient (Wildman–Crippen LogP) is 3.29. The van der Waals surface area contributed by atoms with Crippen molar-refractivity contribution in [2.45, 2.75) is 50.3 Å². The van der Waals surface area contributed by atoms with Crippen molar-refractivity contribution in [2.24, 2.45) is 23.2 Å². The van der Waals surface area contributed by atoms with Gasteiger partial charge in [0.25, 0.3) is 10.0 Å². The zero-order valence-electron chi connectivity index (χ0n) is 14.0. The van der Waals surface area contributed by atoms with E-state index >= 15 is 0 Å². The highest BCUT2D eigenvalue weighted by Crippen LogP contribution is 2.60. The van der Waals surface area contributed by atoms with Crippen LogP contribution in [0.3, 0.4) is 0 Å². The number of benzene rings is 1. The number of hydrogen-bond donors (Lipinski definition) is 1. The first-order valence-electron chi connectivity index (χ1n) is 8.71. The first kappa shape index (κ1) is 16.9. The maximum absolute atomic E-state index is 14.0. The molecule has 0 atom stereocenters. The summed E-state index contributed by atoms with van der Waals surface area (Å²) in [6.45, 7) is 1.36. The maximum atomic E-state index is 14.0. The number of hydrogen-bond acceptors (Lipinski definition) is 3. The van der Waals surface area contributed by atoms with Crippen molar-refractivity contribution in [3.63, 3.8) is 0 Å². The van der Waals surface area contributed by atoms with E-state index in [1.807, 2.05) is 0 Å². The second kappa shape index (κ2) is 5.50. The van der Waals surface area contributed by atoms with Crippen LogP contribution < -0.4 is 4.72 Å². The first-order valence-corrected chi connectivity index (χ1v) is 10.2. The lowest BCUT2D eigenvalue weighted by Gasteiger charge is -2.55. The zero-order chi connectivity index (χ0) is 18.0. The van der Waals surface area contributed by atoms with Gasteiger partial charge in [0.1, 0.15) is 16.5 Å². The average molecular weight is 369 g/mol. The van der Waals surface area contributed by atoms with Gasteiger partial charge in [-0.15, -0.1) is 0 Å². The highest BCUT2D eigenvalue weighted by molar-refractivity contribution is 7.90. The van der Waals surface area contributed by atoms with Gasteiger partial charge in [-0.2, -0.15) is 0 Å². The Bertz CT molecular complexity index is 815. The lowest BCUT2D eigenvalue weighted by Crippen LogP contribution is -2.54. The molecule has 4 aliphatic rings. The van der Waals surface area contributed by atoms with Crippen molar-refractivity contribution >= 4 is 15.9 Å². The monoisotopic (exact) mass is 369 g/mol. The Morgan fingerprint density at radius 3 is 2.08 bits per heavy atom. The Labute approximate surface area is 146 Å². The Hall–Kier alpha value is -1.50. The van der Waals surface area contributed by atoms with E-state index in [0.717, 1.165) is 25.3 Å². The van der Waals surface area contributed by atoms with Gasteiger partial charge in [0.15, 0.2) is 0 Å². The topological polar surface area (TPSA) is 63.2 Å². The highest BCUT2D eigenvalue weighted by Gasteiger charge is 2.55. The SMILES string of the molecule is Cc1cc(S(=O)(=O)NC(=O)C23CC4CC(CC(C4)C2)C3)c(F)cc1F. The lowest BCUT2D eigenvalue weighted by molar-refractivity contribution is -0.144. The third-order valence-corrected chi connectivity index (χ3v) is 7.60. The molecule has 4 bridgehead atoms. The smallest absolute Gasteiger partial charge is 0.266 e. The summed E-state index contributed by atoms with van der Waals surface area (Å²) in [5.41, 5.74) is -0.628. The minimum atomic E-state index is -4.36. The second-order valence-corrected chi connectivity index (χ2v) is 9.82. The fourth-order valence-corrected chi connectivity index (χ4v) is 6.73. The van der Waals surface area contributed by atoms with Crippen LogP contribution in [0.15, 0.2) is 17.0 Å². The second-order valence-electron chi connectivity index (χ2n) is 8.16. The van der Waals surface area contributed by atoms with E-state index in [1.165, 1.54) is 6.92 Å². The Morgan fingerprint density at radius 1 is 1.04 bits per heavy atom. The van der Waals surface area contributed by atoms with Crippen LogP contribution in [0.4, 0.5) is 8.78 Å². The van der Waals surface area contributed by atoms with Gasteiger partial charge in [-0.25, -0.2) is 21.9 Å². The Balaban J connectivity index is 1.61. The molecule has 0 heterocycles. The average Bonchev–Trinajstić information content (AvgIpc) is 2.49. The van der Waals surface area contributed by atoms with E-state index in [-0.39, 0.29) is 5.56 Å². The summed E-state index contributed by atoms with van der Waals surface area (Å²) < 4.78 is 54.5. The number of halogens is 2. The number of amides is 1. The van der Waals surface area contributed by atoms with Gasteiger partial charge >= 0.3 is 0 Å². The van der Waals surface area contributed by atoms with Gasteiger partial charge in [0.05, 0.1) is 5.41 Å². The third-order valence-electron chi connectivity index (χ3n) is 6.25. The highest BCUT2D eigenvalue weighted by atomic mass is 32.2. The molecule has 0 saturated heterocycles.